The van der Waals surface area contributed by atoms with Crippen LogP contribution in [0, 0.1) is 6.92 Å². The van der Waals surface area contributed by atoms with Crippen molar-refractivity contribution in [1.82, 2.24) is 25.0 Å². The van der Waals surface area contributed by atoms with Gasteiger partial charge in [-0.15, -0.1) is 0 Å². The van der Waals surface area contributed by atoms with Crippen LogP contribution < -0.4 is 15.5 Å². The molecular formula is C29H36N8O3. The van der Waals surface area contributed by atoms with E-state index in [1.165, 1.54) is 6.33 Å². The van der Waals surface area contributed by atoms with Gasteiger partial charge in [0.15, 0.2) is 11.6 Å². The number of piperazine rings is 1. The number of amides is 1. The fourth-order valence-electron chi connectivity index (χ4n) is 4.52. The number of ether oxygens (including phenoxy) is 1. The van der Waals surface area contributed by atoms with E-state index in [1.54, 1.807) is 25.3 Å². The van der Waals surface area contributed by atoms with Crippen molar-refractivity contribution in [3.63, 3.8) is 0 Å². The van der Waals surface area contributed by atoms with Crippen LogP contribution in [0.5, 0.6) is 0 Å². The zero-order valence-corrected chi connectivity index (χ0v) is 23.7. The van der Waals surface area contributed by atoms with E-state index in [2.05, 4.69) is 35.6 Å². The van der Waals surface area contributed by atoms with E-state index in [0.29, 0.717) is 28.5 Å². The Morgan fingerprint density at radius 1 is 1.07 bits per heavy atom. The molecule has 0 unspecified atom stereocenters. The maximum atomic E-state index is 13.0. The number of hydrogen-bond acceptors (Lipinski definition) is 10. The molecule has 40 heavy (non-hydrogen) atoms. The average Bonchev–Trinajstić information content (AvgIpc) is 3.42. The molecule has 4 heterocycles. The van der Waals surface area contributed by atoms with Crippen molar-refractivity contribution in [2.45, 2.75) is 33.1 Å². The molecule has 1 aliphatic rings. The fraction of sp³-hybridized carbons (Fsp3) is 0.414. The predicted octanol–water partition coefficient (Wildman–Crippen LogP) is 4.38. The van der Waals surface area contributed by atoms with Crippen molar-refractivity contribution in [1.29, 1.82) is 0 Å². The summed E-state index contributed by atoms with van der Waals surface area (Å²) in [5.74, 6) is 2.27. The first kappa shape index (κ1) is 27.5. The highest BCUT2D eigenvalue weighted by molar-refractivity contribution is 6.04. The monoisotopic (exact) mass is 544 g/mol. The Hall–Kier alpha value is -4.09. The maximum Gasteiger partial charge on any atom is 0.256 e. The highest BCUT2D eigenvalue weighted by Gasteiger charge is 2.21. The molecular weight excluding hydrogens is 508 g/mol. The first-order chi connectivity index (χ1) is 19.2. The van der Waals surface area contributed by atoms with E-state index in [9.17, 15) is 4.79 Å². The maximum absolute atomic E-state index is 13.0. The summed E-state index contributed by atoms with van der Waals surface area (Å²) in [6, 6.07) is 11.2. The highest BCUT2D eigenvalue weighted by Crippen LogP contribution is 2.28. The number of hydrogen-bond donors (Lipinski definition) is 2. The Morgan fingerprint density at radius 3 is 2.60 bits per heavy atom. The highest BCUT2D eigenvalue weighted by atomic mass is 16.5. The molecule has 4 aromatic rings. The molecule has 0 atom stereocenters. The lowest BCUT2D eigenvalue weighted by molar-refractivity contribution is 0.102. The number of nitrogens with one attached hydrogen (secondary N) is 2. The molecule has 210 valence electrons. The molecule has 0 aliphatic carbocycles. The van der Waals surface area contributed by atoms with Crippen LogP contribution in [0.25, 0.3) is 11.0 Å². The third kappa shape index (κ3) is 6.21. The van der Waals surface area contributed by atoms with E-state index in [-0.39, 0.29) is 11.3 Å². The number of nitrogens with zero attached hydrogens (tertiary/aromatic N) is 6. The Bertz CT molecular complexity index is 1490. The van der Waals surface area contributed by atoms with Crippen LogP contribution >= 0.6 is 0 Å². The summed E-state index contributed by atoms with van der Waals surface area (Å²) in [6.45, 7) is 13.4. The molecule has 11 heteroatoms. The van der Waals surface area contributed by atoms with E-state index in [1.807, 2.05) is 45.9 Å². The van der Waals surface area contributed by atoms with E-state index in [0.717, 1.165) is 61.9 Å². The molecule has 11 nitrogen and oxygen atoms in total. The van der Waals surface area contributed by atoms with Crippen molar-refractivity contribution in [3.05, 3.63) is 59.6 Å². The van der Waals surface area contributed by atoms with Gasteiger partial charge in [-0.05, 0) is 36.8 Å². The van der Waals surface area contributed by atoms with Crippen LogP contribution in [0.2, 0.25) is 0 Å². The van der Waals surface area contributed by atoms with Gasteiger partial charge in [0.05, 0.1) is 12.1 Å². The van der Waals surface area contributed by atoms with Gasteiger partial charge in [-0.1, -0.05) is 32.0 Å². The van der Waals surface area contributed by atoms with Gasteiger partial charge in [-0.25, -0.2) is 15.0 Å². The van der Waals surface area contributed by atoms with Crippen molar-refractivity contribution in [3.8, 4) is 0 Å². The smallest absolute Gasteiger partial charge is 0.256 e. The summed E-state index contributed by atoms with van der Waals surface area (Å²) in [4.78, 5) is 31.6. The fourth-order valence-corrected chi connectivity index (χ4v) is 4.52. The topological polar surface area (TPSA) is 122 Å². The van der Waals surface area contributed by atoms with E-state index < -0.39 is 0 Å². The van der Waals surface area contributed by atoms with Crippen molar-refractivity contribution >= 4 is 40.1 Å². The normalized spacial score (nSPS) is 14.5. The van der Waals surface area contributed by atoms with Gasteiger partial charge in [0.25, 0.3) is 5.91 Å². The number of aromatic nitrogens is 4. The van der Waals surface area contributed by atoms with Crippen molar-refractivity contribution < 1.29 is 14.1 Å². The molecule has 1 fully saturated rings. The number of rotatable bonds is 8. The first-order valence-corrected chi connectivity index (χ1v) is 13.5. The third-order valence-corrected chi connectivity index (χ3v) is 7.02. The van der Waals surface area contributed by atoms with E-state index >= 15 is 0 Å². The van der Waals surface area contributed by atoms with Crippen LogP contribution in [0.1, 0.15) is 42.5 Å². The Kier molecular flexibility index (Phi) is 7.95. The molecule has 1 aliphatic heterocycles. The van der Waals surface area contributed by atoms with Gasteiger partial charge in [-0.3, -0.25) is 9.69 Å². The molecule has 1 amide bonds. The third-order valence-electron chi connectivity index (χ3n) is 7.02. The average molecular weight is 545 g/mol. The van der Waals surface area contributed by atoms with Gasteiger partial charge in [0.2, 0.25) is 0 Å². The van der Waals surface area contributed by atoms with Crippen molar-refractivity contribution in [2.75, 3.05) is 62.0 Å². The molecule has 5 rings (SSSR count). The summed E-state index contributed by atoms with van der Waals surface area (Å²) in [5, 5.41) is 10.2. The van der Waals surface area contributed by atoms with E-state index in [4.69, 9.17) is 14.2 Å². The number of aryl methyl sites for hydroxylation is 1. The zero-order valence-electron chi connectivity index (χ0n) is 23.7. The van der Waals surface area contributed by atoms with Gasteiger partial charge in [-0.2, -0.15) is 0 Å². The number of anilines is 4. The van der Waals surface area contributed by atoms with Crippen LogP contribution in [0.3, 0.4) is 0 Å². The molecule has 0 saturated carbocycles. The van der Waals surface area contributed by atoms with Gasteiger partial charge in [0.1, 0.15) is 23.4 Å². The number of methoxy groups -OCH3 is 1. The minimum atomic E-state index is -0.283. The molecule has 1 aromatic carbocycles. The largest absolute Gasteiger partial charge is 0.383 e. The Balaban J connectivity index is 1.34. The second-order valence-electron chi connectivity index (χ2n) is 11.0. The number of pyridine rings is 1. The van der Waals surface area contributed by atoms with Gasteiger partial charge in [0, 0.05) is 62.6 Å². The summed E-state index contributed by atoms with van der Waals surface area (Å²) in [5.41, 5.74) is 3.40. The summed E-state index contributed by atoms with van der Waals surface area (Å²) in [7, 11) is 1.73. The lowest BCUT2D eigenvalue weighted by atomic mass is 9.93. The Morgan fingerprint density at radius 2 is 1.88 bits per heavy atom. The lowest BCUT2D eigenvalue weighted by Gasteiger charge is -2.35. The quantitative estimate of drug-likeness (QED) is 0.330. The first-order valence-electron chi connectivity index (χ1n) is 13.5. The minimum absolute atomic E-state index is 0.205. The molecule has 3 aromatic heterocycles. The molecule has 0 radical (unpaired) electrons. The zero-order chi connectivity index (χ0) is 28.3. The summed E-state index contributed by atoms with van der Waals surface area (Å²) >= 11 is 0. The van der Waals surface area contributed by atoms with Crippen LogP contribution in [-0.2, 0) is 10.2 Å². The SMILES string of the molecule is COCCN1CCN(c2ccc3ncnc(Nc4cc(C(=O)Nc5cc(C(C)(C)C)on5)ccc4C)c3n2)CC1. The second-order valence-corrected chi connectivity index (χ2v) is 11.0. The molecule has 0 bridgehead atoms. The Labute approximate surface area is 233 Å². The van der Waals surface area contributed by atoms with Crippen LogP contribution in [-0.4, -0.2) is 77.4 Å². The molecule has 0 spiro atoms. The van der Waals surface area contributed by atoms with Gasteiger partial charge >= 0.3 is 0 Å². The van der Waals surface area contributed by atoms with Crippen LogP contribution in [0.4, 0.5) is 23.1 Å². The number of carbonyl (C=O) groups is 1. The van der Waals surface area contributed by atoms with Crippen LogP contribution in [0.15, 0.2) is 47.2 Å². The summed E-state index contributed by atoms with van der Waals surface area (Å²) < 4.78 is 10.6. The predicted molar refractivity (Wildman–Crippen MR) is 155 cm³/mol. The van der Waals surface area contributed by atoms with Gasteiger partial charge < -0.3 is 24.8 Å². The second kappa shape index (κ2) is 11.6. The number of fused-ring (bicyclic) bond motifs is 1. The lowest BCUT2D eigenvalue weighted by Crippen LogP contribution is -2.47. The molecule has 1 saturated heterocycles. The standard InChI is InChI=1S/C29H36N8O3/c1-19-6-7-20(28(38)33-24-17-23(40-35-24)29(2,3)4)16-22(19)32-27-26-21(30-18-31-27)8-9-25(34-26)37-12-10-36(11-13-37)14-15-39-5/h6-9,16-18H,10-15H2,1-5H3,(H,30,31,32)(H,33,35,38). The van der Waals surface area contributed by atoms with Crippen molar-refractivity contribution in [2.24, 2.45) is 0 Å². The number of carbonyl (C=O) groups excluding carboxylic acids is 1. The minimum Gasteiger partial charge on any atom is -0.383 e. The molecule has 2 N–H and O–H groups in total. The summed E-state index contributed by atoms with van der Waals surface area (Å²) in [6.07, 6.45) is 1.52. The number of benzene rings is 1.